The second-order valence-electron chi connectivity index (χ2n) is 7.69. The van der Waals surface area contributed by atoms with Crippen molar-refractivity contribution in [3.05, 3.63) is 81.0 Å². The molecule has 0 unspecified atom stereocenters. The van der Waals surface area contributed by atoms with Gasteiger partial charge in [0, 0.05) is 28.4 Å². The third-order valence-corrected chi connectivity index (χ3v) is 5.59. The van der Waals surface area contributed by atoms with Crippen molar-refractivity contribution in [3.8, 4) is 11.4 Å². The van der Waals surface area contributed by atoms with Gasteiger partial charge >= 0.3 is 6.09 Å². The lowest BCUT2D eigenvalue weighted by atomic mass is 10.1. The van der Waals surface area contributed by atoms with Crippen LogP contribution in [0.4, 0.5) is 14.9 Å². The molecule has 1 aliphatic heterocycles. The molecule has 0 bridgehead atoms. The molecule has 2 heterocycles. The lowest BCUT2D eigenvalue weighted by molar-refractivity contribution is -0.116. The Morgan fingerprint density at radius 2 is 1.97 bits per heavy atom. The van der Waals surface area contributed by atoms with E-state index in [-0.39, 0.29) is 37.5 Å². The molecule has 8 nitrogen and oxygen atoms in total. The number of amides is 2. The van der Waals surface area contributed by atoms with E-state index in [4.69, 9.17) is 16.3 Å². The fraction of sp³-hybridized carbons (Fsp3) is 0.250. The van der Waals surface area contributed by atoms with Crippen molar-refractivity contribution in [1.29, 1.82) is 0 Å². The molecule has 0 fully saturated rings. The van der Waals surface area contributed by atoms with Crippen molar-refractivity contribution in [2.24, 2.45) is 0 Å². The van der Waals surface area contributed by atoms with Gasteiger partial charge in [0.05, 0.1) is 18.8 Å². The molecule has 4 rings (SSSR count). The maximum Gasteiger partial charge on any atom is 0.410 e. The van der Waals surface area contributed by atoms with Crippen LogP contribution in [0.1, 0.15) is 18.2 Å². The number of rotatable bonds is 5. The summed E-state index contributed by atoms with van der Waals surface area (Å²) in [6.07, 6.45) is -0.206. The number of carbonyl (C=O) groups is 2. The van der Waals surface area contributed by atoms with Crippen LogP contribution in [-0.4, -0.2) is 39.6 Å². The maximum atomic E-state index is 13.5. The first kappa shape index (κ1) is 23.4. The number of anilines is 1. The number of hydrogen-bond donors (Lipinski definition) is 1. The zero-order chi connectivity index (χ0) is 24.2. The standard InChI is InChI=1S/C24H22ClFN4O4/c1-2-34-24(33)29-11-10-19-20(13-29)28-22(15-6-8-17(26)9-7-15)30(23(19)32)14-21(31)27-18-5-3-4-16(25)12-18/h3-9,12H,2,10-11,13-14H2,1H3,(H,27,31). The largest absolute Gasteiger partial charge is 0.450 e. The summed E-state index contributed by atoms with van der Waals surface area (Å²) in [5.41, 5.74) is 1.43. The minimum absolute atomic E-state index is 0.104. The minimum atomic E-state index is -0.483. The second-order valence-corrected chi connectivity index (χ2v) is 8.12. The molecular formula is C24H22ClFN4O4. The fourth-order valence-electron chi connectivity index (χ4n) is 3.77. The molecule has 1 aromatic heterocycles. The third-order valence-electron chi connectivity index (χ3n) is 5.36. The van der Waals surface area contributed by atoms with Gasteiger partial charge in [0.2, 0.25) is 5.91 Å². The molecule has 2 aromatic carbocycles. The van der Waals surface area contributed by atoms with E-state index in [1.54, 1.807) is 31.2 Å². The average molecular weight is 485 g/mol. The van der Waals surface area contributed by atoms with Gasteiger partial charge < -0.3 is 15.0 Å². The number of carbonyl (C=O) groups excluding carboxylic acids is 2. The quantitative estimate of drug-likeness (QED) is 0.593. The number of fused-ring (bicyclic) bond motifs is 1. The predicted octanol–water partition coefficient (Wildman–Crippen LogP) is 3.86. The topological polar surface area (TPSA) is 93.5 Å². The summed E-state index contributed by atoms with van der Waals surface area (Å²) in [6.45, 7) is 2.05. The van der Waals surface area contributed by atoms with Crippen LogP contribution in [-0.2, 0) is 29.0 Å². The number of benzene rings is 2. The molecule has 0 saturated carbocycles. The van der Waals surface area contributed by atoms with Crippen LogP contribution >= 0.6 is 11.6 Å². The molecule has 34 heavy (non-hydrogen) atoms. The van der Waals surface area contributed by atoms with E-state index in [1.165, 1.54) is 33.7 Å². The predicted molar refractivity (Wildman–Crippen MR) is 125 cm³/mol. The number of hydrogen-bond acceptors (Lipinski definition) is 5. The highest BCUT2D eigenvalue weighted by Crippen LogP contribution is 2.22. The van der Waals surface area contributed by atoms with E-state index in [2.05, 4.69) is 10.3 Å². The van der Waals surface area contributed by atoms with Crippen LogP contribution in [0.2, 0.25) is 5.02 Å². The number of nitrogens with zero attached hydrogens (tertiary/aromatic N) is 3. The van der Waals surface area contributed by atoms with E-state index in [0.717, 1.165) is 0 Å². The normalized spacial score (nSPS) is 12.7. The van der Waals surface area contributed by atoms with E-state index in [0.29, 0.717) is 34.1 Å². The molecule has 0 spiro atoms. The first-order chi connectivity index (χ1) is 16.4. The third kappa shape index (κ3) is 5.09. The minimum Gasteiger partial charge on any atom is -0.450 e. The van der Waals surface area contributed by atoms with Gasteiger partial charge in [-0.25, -0.2) is 14.2 Å². The van der Waals surface area contributed by atoms with Gasteiger partial charge in [-0.05, 0) is 55.8 Å². The Morgan fingerprint density at radius 3 is 2.68 bits per heavy atom. The SMILES string of the molecule is CCOC(=O)N1CCc2c(nc(-c3ccc(F)cc3)n(CC(=O)Nc3cccc(Cl)c3)c2=O)C1. The second kappa shape index (κ2) is 10.0. The summed E-state index contributed by atoms with van der Waals surface area (Å²) in [7, 11) is 0. The van der Waals surface area contributed by atoms with Crippen molar-refractivity contribution in [2.75, 3.05) is 18.5 Å². The number of halogens is 2. The van der Waals surface area contributed by atoms with Crippen molar-refractivity contribution in [1.82, 2.24) is 14.5 Å². The number of ether oxygens (including phenoxy) is 1. The Morgan fingerprint density at radius 1 is 1.21 bits per heavy atom. The Balaban J connectivity index is 1.71. The first-order valence-corrected chi connectivity index (χ1v) is 11.1. The van der Waals surface area contributed by atoms with Gasteiger partial charge in [0.15, 0.2) is 0 Å². The number of nitrogens with one attached hydrogen (secondary N) is 1. The van der Waals surface area contributed by atoms with E-state index in [1.807, 2.05) is 0 Å². The zero-order valence-electron chi connectivity index (χ0n) is 18.4. The van der Waals surface area contributed by atoms with E-state index in [9.17, 15) is 18.8 Å². The Bertz CT molecular complexity index is 1290. The van der Waals surface area contributed by atoms with Crippen LogP contribution in [0.15, 0.2) is 53.3 Å². The smallest absolute Gasteiger partial charge is 0.410 e. The molecule has 0 radical (unpaired) electrons. The molecule has 10 heteroatoms. The summed E-state index contributed by atoms with van der Waals surface area (Å²) in [5, 5.41) is 3.18. The molecular weight excluding hydrogens is 463 g/mol. The van der Waals surface area contributed by atoms with Gasteiger partial charge in [0.25, 0.3) is 5.56 Å². The average Bonchev–Trinajstić information content (AvgIpc) is 2.81. The van der Waals surface area contributed by atoms with Gasteiger partial charge in [-0.15, -0.1) is 0 Å². The van der Waals surface area contributed by atoms with E-state index < -0.39 is 17.8 Å². The van der Waals surface area contributed by atoms with Crippen LogP contribution in [0.5, 0.6) is 0 Å². The van der Waals surface area contributed by atoms with Gasteiger partial charge in [0.1, 0.15) is 18.2 Å². The summed E-state index contributed by atoms with van der Waals surface area (Å²) >= 11 is 5.98. The monoisotopic (exact) mass is 484 g/mol. The highest BCUT2D eigenvalue weighted by molar-refractivity contribution is 6.30. The molecule has 1 aliphatic rings. The van der Waals surface area contributed by atoms with Gasteiger partial charge in [-0.3, -0.25) is 14.2 Å². The summed E-state index contributed by atoms with van der Waals surface area (Å²) in [4.78, 5) is 44.5. The molecule has 3 aromatic rings. The molecule has 0 atom stereocenters. The maximum absolute atomic E-state index is 13.5. The van der Waals surface area contributed by atoms with Crippen molar-refractivity contribution >= 4 is 29.3 Å². The van der Waals surface area contributed by atoms with Crippen molar-refractivity contribution < 1.29 is 18.7 Å². The van der Waals surface area contributed by atoms with Crippen LogP contribution in [0.25, 0.3) is 11.4 Å². The first-order valence-electron chi connectivity index (χ1n) is 10.7. The molecule has 0 aliphatic carbocycles. The van der Waals surface area contributed by atoms with Crippen LogP contribution < -0.4 is 10.9 Å². The lowest BCUT2D eigenvalue weighted by Gasteiger charge is -2.28. The Kier molecular flexibility index (Phi) is 6.93. The highest BCUT2D eigenvalue weighted by atomic mass is 35.5. The molecule has 1 N–H and O–H groups in total. The van der Waals surface area contributed by atoms with Crippen molar-refractivity contribution in [2.45, 2.75) is 26.4 Å². The van der Waals surface area contributed by atoms with Crippen LogP contribution in [0.3, 0.4) is 0 Å². The Hall–Kier alpha value is -3.72. The van der Waals surface area contributed by atoms with E-state index >= 15 is 0 Å². The fourth-order valence-corrected chi connectivity index (χ4v) is 3.96. The summed E-state index contributed by atoms with van der Waals surface area (Å²) in [5.74, 6) is -0.683. The lowest BCUT2D eigenvalue weighted by Crippen LogP contribution is -2.42. The highest BCUT2D eigenvalue weighted by Gasteiger charge is 2.27. The van der Waals surface area contributed by atoms with Gasteiger partial charge in [-0.2, -0.15) is 0 Å². The van der Waals surface area contributed by atoms with Gasteiger partial charge in [-0.1, -0.05) is 17.7 Å². The zero-order valence-corrected chi connectivity index (χ0v) is 19.1. The summed E-state index contributed by atoms with van der Waals surface area (Å²) < 4.78 is 19.9. The number of aromatic nitrogens is 2. The van der Waals surface area contributed by atoms with Crippen molar-refractivity contribution in [3.63, 3.8) is 0 Å². The molecule has 2 amide bonds. The molecule has 176 valence electrons. The molecule has 0 saturated heterocycles. The summed E-state index contributed by atoms with van der Waals surface area (Å²) in [6, 6.07) is 12.1. The van der Waals surface area contributed by atoms with Crippen LogP contribution in [0, 0.1) is 5.82 Å². The Labute approximate surface area is 199 Å².